The Morgan fingerprint density at radius 3 is 2.30 bits per heavy atom. The number of nitrogens with one attached hydrogen (secondary N) is 2. The van der Waals surface area contributed by atoms with Crippen molar-refractivity contribution in [1.29, 1.82) is 10.5 Å². The number of nitriles is 2. The number of allylic oxidation sites excluding steroid dienone is 1. The summed E-state index contributed by atoms with van der Waals surface area (Å²) in [7, 11) is 1.62. The molecular weight excluding hydrogens is 575 g/mol. The molecule has 0 spiro atoms. The van der Waals surface area contributed by atoms with Gasteiger partial charge in [0.25, 0.3) is 0 Å². The van der Waals surface area contributed by atoms with E-state index in [0.29, 0.717) is 55.6 Å². The number of aromatic nitrogens is 3. The van der Waals surface area contributed by atoms with Gasteiger partial charge in [0, 0.05) is 21.2 Å². The van der Waals surface area contributed by atoms with Crippen molar-refractivity contribution in [3.8, 4) is 46.2 Å². The summed E-state index contributed by atoms with van der Waals surface area (Å²) in [6, 6.07) is 27.8. The van der Waals surface area contributed by atoms with Gasteiger partial charge in [-0.15, -0.1) is 24.0 Å². The summed E-state index contributed by atoms with van der Waals surface area (Å²) in [6.45, 7) is 6.40. The van der Waals surface area contributed by atoms with Crippen molar-refractivity contribution in [2.24, 2.45) is 0 Å². The van der Waals surface area contributed by atoms with E-state index in [1.165, 1.54) is 11.3 Å². The first-order chi connectivity index (χ1) is 21.0. The lowest BCUT2D eigenvalue weighted by molar-refractivity contribution is 0.340. The maximum Gasteiger partial charge on any atom is 0.137 e. The van der Waals surface area contributed by atoms with Gasteiger partial charge in [-0.1, -0.05) is 30.8 Å². The van der Waals surface area contributed by atoms with Crippen LogP contribution in [-0.2, 0) is 0 Å². The lowest BCUT2D eigenvalue weighted by Crippen LogP contribution is -2.10. The van der Waals surface area contributed by atoms with Gasteiger partial charge in [-0.25, -0.2) is 4.98 Å². The molecule has 6 rings (SSSR count). The first-order valence-electron chi connectivity index (χ1n) is 13.4. The third-order valence-electron chi connectivity index (χ3n) is 7.08. The van der Waals surface area contributed by atoms with E-state index in [4.69, 9.17) is 14.5 Å². The second-order valence-electron chi connectivity index (χ2n) is 9.60. The highest BCUT2D eigenvalue weighted by atomic mass is 32.1. The van der Waals surface area contributed by atoms with Crippen LogP contribution in [0.5, 0.6) is 11.5 Å². The van der Waals surface area contributed by atoms with Crippen molar-refractivity contribution in [2.75, 3.05) is 13.7 Å². The Bertz CT molecular complexity index is 2210. The number of thiol groups is 1. The van der Waals surface area contributed by atoms with Crippen LogP contribution >= 0.6 is 24.0 Å². The van der Waals surface area contributed by atoms with Gasteiger partial charge in [-0.3, -0.25) is 0 Å². The molecule has 210 valence electrons. The smallest absolute Gasteiger partial charge is 0.137 e. The number of para-hydroxylation sites is 1. The van der Waals surface area contributed by atoms with Crippen LogP contribution in [0.15, 0.2) is 84.3 Å². The van der Waals surface area contributed by atoms with Crippen LogP contribution in [0, 0.1) is 22.7 Å². The second kappa shape index (κ2) is 11.6. The molecule has 0 radical (unpaired) electrons. The minimum absolute atomic E-state index is 0.291. The molecule has 9 heteroatoms. The van der Waals surface area contributed by atoms with Crippen LogP contribution in [0.1, 0.15) is 11.9 Å². The Morgan fingerprint density at radius 2 is 1.63 bits per heavy atom. The fourth-order valence-electron chi connectivity index (χ4n) is 5.18. The van der Waals surface area contributed by atoms with E-state index >= 15 is 0 Å². The van der Waals surface area contributed by atoms with E-state index in [-0.39, 0.29) is 0 Å². The zero-order chi connectivity index (χ0) is 30.1. The molecule has 0 aliphatic heterocycles. The van der Waals surface area contributed by atoms with Gasteiger partial charge in [-0.05, 0) is 61.0 Å². The van der Waals surface area contributed by atoms with E-state index < -0.39 is 0 Å². The average Bonchev–Trinajstić information content (AvgIpc) is 3.72. The maximum atomic E-state index is 10.6. The van der Waals surface area contributed by atoms with Gasteiger partial charge in [0.1, 0.15) is 34.2 Å². The average molecular weight is 600 g/mol. The van der Waals surface area contributed by atoms with Gasteiger partial charge < -0.3 is 19.4 Å². The van der Waals surface area contributed by atoms with Gasteiger partial charge in [0.15, 0.2) is 0 Å². The zero-order valence-electron chi connectivity index (χ0n) is 23.4. The van der Waals surface area contributed by atoms with E-state index in [0.717, 1.165) is 37.8 Å². The molecule has 0 aliphatic carbocycles. The van der Waals surface area contributed by atoms with Gasteiger partial charge in [0.05, 0.1) is 51.6 Å². The van der Waals surface area contributed by atoms with Crippen LogP contribution in [0.25, 0.3) is 54.7 Å². The normalized spacial score (nSPS) is 12.5. The lowest BCUT2D eigenvalue weighted by atomic mass is 10.0. The number of benzene rings is 3. The largest absolute Gasteiger partial charge is 0.497 e. The topological polar surface area (TPSA) is 111 Å². The van der Waals surface area contributed by atoms with Crippen molar-refractivity contribution in [3.05, 3.63) is 100.0 Å². The molecule has 3 aromatic heterocycles. The van der Waals surface area contributed by atoms with E-state index in [9.17, 15) is 10.5 Å². The number of fused-ring (bicyclic) bond motifs is 2. The quantitative estimate of drug-likeness (QED) is 0.177. The van der Waals surface area contributed by atoms with E-state index in [1.807, 2.05) is 79.7 Å². The number of hydrogen-bond donors (Lipinski definition) is 3. The summed E-state index contributed by atoms with van der Waals surface area (Å²) in [5.41, 5.74) is 4.61. The highest BCUT2D eigenvalue weighted by molar-refractivity contribution is 7.85. The van der Waals surface area contributed by atoms with Crippen LogP contribution in [0.2, 0.25) is 0 Å². The summed E-state index contributed by atoms with van der Waals surface area (Å²) in [5.74, 6) is 1.41. The number of H-pyrrole nitrogens is 2. The first-order valence-corrected chi connectivity index (χ1v) is 14.7. The summed E-state index contributed by atoms with van der Waals surface area (Å²) < 4.78 is 12.2. The summed E-state index contributed by atoms with van der Waals surface area (Å²) in [6.07, 6.45) is 0. The number of rotatable bonds is 7. The number of methoxy groups -OCH3 is 1. The molecule has 0 unspecified atom stereocenters. The number of hydrogen-bond acceptors (Lipinski definition) is 7. The highest BCUT2D eigenvalue weighted by Gasteiger charge is 2.23. The minimum Gasteiger partial charge on any atom is -0.497 e. The fourth-order valence-corrected chi connectivity index (χ4v) is 6.31. The molecule has 0 saturated heterocycles. The molecule has 0 bridgehead atoms. The Labute approximate surface area is 257 Å². The minimum atomic E-state index is 0.291. The summed E-state index contributed by atoms with van der Waals surface area (Å²) >= 11 is 5.92. The second-order valence-corrected chi connectivity index (χ2v) is 11.2. The third-order valence-corrected chi connectivity index (χ3v) is 8.36. The Morgan fingerprint density at radius 1 is 0.907 bits per heavy atom. The van der Waals surface area contributed by atoms with Crippen molar-refractivity contribution in [1.82, 2.24) is 15.0 Å². The molecule has 0 atom stereocenters. The molecule has 0 saturated carbocycles. The Kier molecular flexibility index (Phi) is 7.52. The van der Waals surface area contributed by atoms with Crippen LogP contribution in [0.3, 0.4) is 0 Å². The molecule has 6 aromatic rings. The number of thiazole rings is 1. The number of aromatic amines is 2. The van der Waals surface area contributed by atoms with Crippen molar-refractivity contribution >= 4 is 56.1 Å². The molecule has 3 heterocycles. The Balaban J connectivity index is 1.83. The molecule has 2 N–H and O–H groups in total. The predicted octanol–water partition coefficient (Wildman–Crippen LogP) is 6.69. The van der Waals surface area contributed by atoms with Crippen LogP contribution in [0.4, 0.5) is 0 Å². The van der Waals surface area contributed by atoms with Crippen LogP contribution in [-0.4, -0.2) is 28.7 Å². The highest BCUT2D eigenvalue weighted by Crippen LogP contribution is 2.34. The lowest BCUT2D eigenvalue weighted by Gasteiger charge is -2.05. The van der Waals surface area contributed by atoms with Gasteiger partial charge in [-0.2, -0.15) is 10.5 Å². The number of ether oxygens (including phenoxy) is 2. The maximum absolute atomic E-state index is 10.6. The zero-order valence-corrected chi connectivity index (χ0v) is 25.1. The third kappa shape index (κ3) is 4.95. The van der Waals surface area contributed by atoms with Gasteiger partial charge in [0.2, 0.25) is 0 Å². The van der Waals surface area contributed by atoms with Gasteiger partial charge >= 0.3 is 0 Å². The standard InChI is InChI=1S/C34H25N5O2S2/c1-4-41-23-9-7-8-21(16-23)31-29-28(32(39-31)24(17-35)19(2)42)30(20-12-14-22(40-3)15-13-20)38-33(29)25(18-36)34-37-26-10-5-6-11-27(26)43-34/h5-16,38-39,42H,2,4H2,1,3H3/b32-24-,33-25-. The molecular formula is C34H25N5O2S2. The molecule has 43 heavy (non-hydrogen) atoms. The van der Waals surface area contributed by atoms with Crippen molar-refractivity contribution in [2.45, 2.75) is 6.92 Å². The Hall–Kier alpha value is -5.22. The molecule has 0 fully saturated rings. The molecule has 3 aromatic carbocycles. The molecule has 0 amide bonds. The molecule has 7 nitrogen and oxygen atoms in total. The van der Waals surface area contributed by atoms with E-state index in [2.05, 4.69) is 41.3 Å². The first kappa shape index (κ1) is 27.9. The predicted molar refractivity (Wildman–Crippen MR) is 175 cm³/mol. The SMILES string of the molecule is C=C(S)/C(C#N)=c1\[nH]c(-c2cccc(OCC)c2)c2/c(=C(\C#N)c3nc4ccccc4s3)[nH]c(-c3ccc(OC)cc3)c12. The van der Waals surface area contributed by atoms with E-state index in [1.54, 1.807) is 7.11 Å². The summed E-state index contributed by atoms with van der Waals surface area (Å²) in [5, 5.41) is 24.0. The summed E-state index contributed by atoms with van der Waals surface area (Å²) in [4.78, 5) is 12.2. The number of nitrogens with zero attached hydrogens (tertiary/aromatic N) is 3. The monoisotopic (exact) mass is 599 g/mol. The molecule has 0 aliphatic rings. The fraction of sp³-hybridized carbons (Fsp3) is 0.0882. The van der Waals surface area contributed by atoms with Crippen molar-refractivity contribution < 1.29 is 9.47 Å². The van der Waals surface area contributed by atoms with Crippen molar-refractivity contribution in [3.63, 3.8) is 0 Å². The van der Waals surface area contributed by atoms with Crippen LogP contribution < -0.4 is 20.2 Å².